The molecule has 0 heterocycles. The first-order valence-corrected chi connectivity index (χ1v) is 9.37. The number of hydrogen-bond donors (Lipinski definition) is 2. The van der Waals surface area contributed by atoms with Crippen LogP contribution in [0.25, 0.3) is 16.8 Å². The smallest absolute Gasteiger partial charge is 0.331 e. The molecule has 0 saturated carbocycles. The van der Waals surface area contributed by atoms with E-state index in [0.29, 0.717) is 12.5 Å². The van der Waals surface area contributed by atoms with Gasteiger partial charge in [-0.25, -0.2) is 9.59 Å². The fraction of sp³-hybridized carbons (Fsp3) is 0.318. The molecule has 7 heteroatoms. The Balaban J connectivity index is 1.79. The highest BCUT2D eigenvalue weighted by atomic mass is 16.5. The van der Waals surface area contributed by atoms with Gasteiger partial charge >= 0.3 is 12.0 Å². The van der Waals surface area contributed by atoms with Crippen molar-refractivity contribution < 1.29 is 23.9 Å². The van der Waals surface area contributed by atoms with Crippen LogP contribution in [0.5, 0.6) is 5.75 Å². The molecule has 0 saturated heterocycles. The van der Waals surface area contributed by atoms with E-state index in [1.165, 1.54) is 6.08 Å². The van der Waals surface area contributed by atoms with Crippen molar-refractivity contribution >= 4 is 34.8 Å². The summed E-state index contributed by atoms with van der Waals surface area (Å²) in [7, 11) is 1.61. The van der Waals surface area contributed by atoms with Gasteiger partial charge in [0.25, 0.3) is 5.91 Å². The van der Waals surface area contributed by atoms with E-state index in [1.54, 1.807) is 13.2 Å². The normalized spacial score (nSPS) is 10.9. The maximum absolute atomic E-state index is 11.8. The second-order valence-electron chi connectivity index (χ2n) is 6.90. The molecule has 29 heavy (non-hydrogen) atoms. The summed E-state index contributed by atoms with van der Waals surface area (Å²) in [5.41, 5.74) is 0.814. The van der Waals surface area contributed by atoms with Crippen LogP contribution < -0.4 is 15.4 Å². The maximum atomic E-state index is 11.8. The molecule has 0 atom stereocenters. The first-order valence-electron chi connectivity index (χ1n) is 9.37. The number of carbonyl (C=O) groups excluding carboxylic acids is 3. The number of benzene rings is 2. The van der Waals surface area contributed by atoms with E-state index < -0.39 is 24.5 Å². The predicted molar refractivity (Wildman–Crippen MR) is 111 cm³/mol. The number of methoxy groups -OCH3 is 1. The van der Waals surface area contributed by atoms with E-state index in [2.05, 4.69) is 10.6 Å². The fourth-order valence-electron chi connectivity index (χ4n) is 2.50. The number of fused-ring (bicyclic) bond motifs is 1. The lowest BCUT2D eigenvalue weighted by Crippen LogP contribution is -2.41. The van der Waals surface area contributed by atoms with Crippen LogP contribution in [-0.2, 0) is 14.3 Å². The Morgan fingerprint density at radius 2 is 1.79 bits per heavy atom. The molecular formula is C22H26N2O5. The minimum absolute atomic E-state index is 0.448. The summed E-state index contributed by atoms with van der Waals surface area (Å²) in [4.78, 5) is 35.0. The van der Waals surface area contributed by atoms with Crippen LogP contribution in [0.1, 0.15) is 25.8 Å². The number of hydrogen-bond acceptors (Lipinski definition) is 5. The summed E-state index contributed by atoms with van der Waals surface area (Å²) in [5, 5.41) is 6.70. The molecule has 0 aromatic heterocycles. The van der Waals surface area contributed by atoms with Crippen molar-refractivity contribution in [1.29, 1.82) is 0 Å². The summed E-state index contributed by atoms with van der Waals surface area (Å²) in [5.74, 6) is -0.135. The van der Waals surface area contributed by atoms with Crippen LogP contribution in [0.4, 0.5) is 4.79 Å². The number of urea groups is 1. The highest BCUT2D eigenvalue weighted by molar-refractivity contribution is 5.96. The van der Waals surface area contributed by atoms with Gasteiger partial charge in [0.2, 0.25) is 0 Å². The summed E-state index contributed by atoms with van der Waals surface area (Å²) in [6.45, 7) is 4.01. The van der Waals surface area contributed by atoms with Gasteiger partial charge < -0.3 is 14.8 Å². The maximum Gasteiger partial charge on any atom is 0.331 e. The number of imide groups is 1. The zero-order valence-electron chi connectivity index (χ0n) is 16.9. The van der Waals surface area contributed by atoms with Gasteiger partial charge in [-0.1, -0.05) is 32.0 Å². The Morgan fingerprint density at radius 3 is 2.52 bits per heavy atom. The number of ether oxygens (including phenoxy) is 2. The molecule has 2 rings (SSSR count). The van der Waals surface area contributed by atoms with Gasteiger partial charge in [-0.15, -0.1) is 0 Å². The zero-order valence-corrected chi connectivity index (χ0v) is 16.9. The average Bonchev–Trinajstić information content (AvgIpc) is 2.69. The van der Waals surface area contributed by atoms with Gasteiger partial charge in [0.05, 0.1) is 7.11 Å². The molecule has 154 valence electrons. The van der Waals surface area contributed by atoms with Crippen LogP contribution in [0.2, 0.25) is 0 Å². The van der Waals surface area contributed by atoms with Crippen molar-refractivity contribution in [3.05, 3.63) is 48.0 Å². The Bertz CT molecular complexity index is 905. The van der Waals surface area contributed by atoms with Crippen LogP contribution in [0, 0.1) is 5.92 Å². The van der Waals surface area contributed by atoms with Crippen LogP contribution in [-0.4, -0.2) is 38.2 Å². The lowest BCUT2D eigenvalue weighted by atomic mass is 10.1. The predicted octanol–water partition coefficient (Wildman–Crippen LogP) is 3.28. The number of esters is 1. The van der Waals surface area contributed by atoms with E-state index in [1.807, 2.05) is 50.2 Å². The molecule has 0 spiro atoms. The molecule has 0 aliphatic carbocycles. The monoisotopic (exact) mass is 398 g/mol. The van der Waals surface area contributed by atoms with Crippen LogP contribution in [0.3, 0.4) is 0 Å². The number of carbonyl (C=O) groups is 3. The van der Waals surface area contributed by atoms with Crippen molar-refractivity contribution in [1.82, 2.24) is 10.6 Å². The van der Waals surface area contributed by atoms with Crippen molar-refractivity contribution in [3.63, 3.8) is 0 Å². The van der Waals surface area contributed by atoms with Gasteiger partial charge in [0.1, 0.15) is 5.75 Å². The topological polar surface area (TPSA) is 93.7 Å². The summed E-state index contributed by atoms with van der Waals surface area (Å²) in [6, 6.07) is 10.8. The van der Waals surface area contributed by atoms with Crippen molar-refractivity contribution in [2.75, 3.05) is 20.3 Å². The standard InChI is InChI=1S/C22H26N2O5/c1-15(2)10-11-23-22(27)24-20(25)14-29-21(26)9-5-16-4-6-18-13-19(28-3)8-7-17(18)12-16/h4-9,12-13,15H,10-11,14H2,1-3H3,(H2,23,24,25,27)/b9-5+. The third-order valence-electron chi connectivity index (χ3n) is 4.09. The summed E-state index contributed by atoms with van der Waals surface area (Å²) < 4.78 is 10.0. The second-order valence-corrected chi connectivity index (χ2v) is 6.90. The summed E-state index contributed by atoms with van der Waals surface area (Å²) >= 11 is 0. The SMILES string of the molecule is COc1ccc2cc(/C=C/C(=O)OCC(=O)NC(=O)NCCC(C)C)ccc2c1. The minimum Gasteiger partial charge on any atom is -0.497 e. The molecule has 2 aromatic carbocycles. The number of amides is 3. The highest BCUT2D eigenvalue weighted by Crippen LogP contribution is 2.22. The van der Waals surface area contributed by atoms with Crippen molar-refractivity contribution in [2.45, 2.75) is 20.3 Å². The first-order chi connectivity index (χ1) is 13.9. The Kier molecular flexibility index (Phi) is 8.21. The Hall–Kier alpha value is -3.35. The van der Waals surface area contributed by atoms with E-state index in [9.17, 15) is 14.4 Å². The molecule has 0 unspecified atom stereocenters. The van der Waals surface area contributed by atoms with Crippen LogP contribution >= 0.6 is 0 Å². The second kappa shape index (κ2) is 10.8. The lowest BCUT2D eigenvalue weighted by Gasteiger charge is -2.08. The largest absolute Gasteiger partial charge is 0.497 e. The van der Waals surface area contributed by atoms with E-state index >= 15 is 0 Å². The third kappa shape index (κ3) is 7.65. The molecule has 7 nitrogen and oxygen atoms in total. The third-order valence-corrected chi connectivity index (χ3v) is 4.09. The molecule has 3 amide bonds. The van der Waals surface area contributed by atoms with Crippen molar-refractivity contribution in [3.8, 4) is 5.75 Å². The van der Waals surface area contributed by atoms with Gasteiger partial charge in [-0.2, -0.15) is 0 Å². The molecule has 0 fully saturated rings. The van der Waals surface area contributed by atoms with Crippen molar-refractivity contribution in [2.24, 2.45) is 5.92 Å². The summed E-state index contributed by atoms with van der Waals surface area (Å²) in [6.07, 6.45) is 3.65. The van der Waals surface area contributed by atoms with Gasteiger partial charge in [0.15, 0.2) is 6.61 Å². The average molecular weight is 398 g/mol. The van der Waals surface area contributed by atoms with Gasteiger partial charge in [0, 0.05) is 12.6 Å². The van der Waals surface area contributed by atoms with E-state index in [0.717, 1.165) is 28.5 Å². The van der Waals surface area contributed by atoms with Gasteiger partial charge in [-0.3, -0.25) is 10.1 Å². The quantitative estimate of drug-likeness (QED) is 0.526. The molecule has 0 radical (unpaired) electrons. The van der Waals surface area contributed by atoms with Crippen LogP contribution in [0.15, 0.2) is 42.5 Å². The van der Waals surface area contributed by atoms with E-state index in [-0.39, 0.29) is 0 Å². The number of nitrogens with one attached hydrogen (secondary N) is 2. The molecule has 0 aliphatic heterocycles. The first kappa shape index (κ1) is 21.9. The number of rotatable bonds is 8. The fourth-order valence-corrected chi connectivity index (χ4v) is 2.50. The van der Waals surface area contributed by atoms with E-state index in [4.69, 9.17) is 9.47 Å². The van der Waals surface area contributed by atoms with Gasteiger partial charge in [-0.05, 0) is 52.9 Å². The molecule has 0 aliphatic rings. The molecule has 2 aromatic rings. The minimum atomic E-state index is -0.687. The Labute approximate surface area is 170 Å². The zero-order chi connectivity index (χ0) is 21.2. The Morgan fingerprint density at radius 1 is 1.07 bits per heavy atom. The molecule has 0 bridgehead atoms. The lowest BCUT2D eigenvalue weighted by molar-refractivity contribution is -0.143. The molecular weight excluding hydrogens is 372 g/mol. The highest BCUT2D eigenvalue weighted by Gasteiger charge is 2.09. The molecule has 2 N–H and O–H groups in total.